The van der Waals surface area contributed by atoms with E-state index in [2.05, 4.69) is 82.8 Å². The van der Waals surface area contributed by atoms with Crippen molar-refractivity contribution in [3.05, 3.63) is 56.2 Å². The van der Waals surface area contributed by atoms with Crippen LogP contribution in [0.4, 0.5) is 0 Å². The fourth-order valence-corrected chi connectivity index (χ4v) is 3.68. The zero-order valence-electron chi connectivity index (χ0n) is 12.9. The Kier molecular flexibility index (Phi) is 6.42. The van der Waals surface area contributed by atoms with Crippen LogP contribution >= 0.6 is 27.3 Å². The molecule has 1 N–H and O–H groups in total. The van der Waals surface area contributed by atoms with Gasteiger partial charge in [-0.3, -0.25) is 4.90 Å². The van der Waals surface area contributed by atoms with Crippen LogP contribution in [0.25, 0.3) is 0 Å². The highest BCUT2D eigenvalue weighted by atomic mass is 79.9. The molecule has 0 fully saturated rings. The van der Waals surface area contributed by atoms with E-state index in [0.29, 0.717) is 6.04 Å². The predicted molar refractivity (Wildman–Crippen MR) is 95.6 cm³/mol. The summed E-state index contributed by atoms with van der Waals surface area (Å²) in [6, 6.07) is 11.6. The van der Waals surface area contributed by atoms with Gasteiger partial charge in [-0.1, -0.05) is 38.1 Å². The van der Waals surface area contributed by atoms with E-state index < -0.39 is 0 Å². The first-order chi connectivity index (χ1) is 10.0. The second-order valence-electron chi connectivity index (χ2n) is 5.76. The van der Waals surface area contributed by atoms with E-state index in [-0.39, 0.29) is 0 Å². The fraction of sp³-hybridized carbons (Fsp3) is 0.412. The van der Waals surface area contributed by atoms with Crippen LogP contribution in [-0.4, -0.2) is 18.0 Å². The molecule has 21 heavy (non-hydrogen) atoms. The molecule has 1 aromatic heterocycles. The summed E-state index contributed by atoms with van der Waals surface area (Å²) in [5, 5.41) is 5.58. The molecule has 2 nitrogen and oxygen atoms in total. The topological polar surface area (TPSA) is 15.3 Å². The third-order valence-electron chi connectivity index (χ3n) is 3.24. The zero-order chi connectivity index (χ0) is 15.2. The van der Waals surface area contributed by atoms with Crippen molar-refractivity contribution >= 4 is 27.3 Å². The van der Waals surface area contributed by atoms with Gasteiger partial charge in [-0.15, -0.1) is 11.3 Å². The number of nitrogens with zero attached hydrogens (tertiary/aromatic N) is 1. The van der Waals surface area contributed by atoms with E-state index in [1.807, 2.05) is 0 Å². The Morgan fingerprint density at radius 3 is 2.38 bits per heavy atom. The molecule has 4 heteroatoms. The van der Waals surface area contributed by atoms with Gasteiger partial charge in [-0.2, -0.15) is 0 Å². The highest BCUT2D eigenvalue weighted by Crippen LogP contribution is 2.21. The SMILES string of the molecule is CC(C)NCc1ccc(CN(C)Cc2cc(Br)cs2)cc1. The number of rotatable bonds is 7. The van der Waals surface area contributed by atoms with E-state index in [0.717, 1.165) is 19.6 Å². The Balaban J connectivity index is 1.84. The lowest BCUT2D eigenvalue weighted by Gasteiger charge is -2.16. The summed E-state index contributed by atoms with van der Waals surface area (Å²) in [5.74, 6) is 0. The van der Waals surface area contributed by atoms with Crippen LogP contribution in [0.3, 0.4) is 0 Å². The number of halogens is 1. The first-order valence-electron chi connectivity index (χ1n) is 7.25. The number of benzene rings is 1. The third-order valence-corrected chi connectivity index (χ3v) is 4.92. The molecule has 0 unspecified atom stereocenters. The number of nitrogens with one attached hydrogen (secondary N) is 1. The minimum atomic E-state index is 0.529. The Morgan fingerprint density at radius 1 is 1.14 bits per heavy atom. The van der Waals surface area contributed by atoms with Crippen LogP contribution in [0.5, 0.6) is 0 Å². The van der Waals surface area contributed by atoms with Crippen LogP contribution < -0.4 is 5.32 Å². The third kappa shape index (κ3) is 5.91. The lowest BCUT2D eigenvalue weighted by molar-refractivity contribution is 0.322. The molecule has 114 valence electrons. The van der Waals surface area contributed by atoms with Crippen molar-refractivity contribution in [1.29, 1.82) is 0 Å². The minimum Gasteiger partial charge on any atom is -0.310 e. The lowest BCUT2D eigenvalue weighted by atomic mass is 10.1. The average molecular weight is 367 g/mol. The average Bonchev–Trinajstić information content (AvgIpc) is 2.83. The molecule has 0 aliphatic carbocycles. The van der Waals surface area contributed by atoms with Crippen molar-refractivity contribution in [2.24, 2.45) is 0 Å². The second kappa shape index (κ2) is 8.08. The molecular formula is C17H23BrN2S. The van der Waals surface area contributed by atoms with E-state index in [1.54, 1.807) is 11.3 Å². The first-order valence-corrected chi connectivity index (χ1v) is 8.93. The summed E-state index contributed by atoms with van der Waals surface area (Å²) >= 11 is 5.31. The number of hydrogen-bond donors (Lipinski definition) is 1. The molecular weight excluding hydrogens is 344 g/mol. The lowest BCUT2D eigenvalue weighted by Crippen LogP contribution is -2.21. The maximum Gasteiger partial charge on any atom is 0.0328 e. The quantitative estimate of drug-likeness (QED) is 0.767. The standard InChI is InChI=1S/C17H23BrN2S/c1-13(2)19-9-14-4-6-15(7-5-14)10-20(3)11-17-8-16(18)12-21-17/h4-8,12-13,19H,9-11H2,1-3H3. The van der Waals surface area contributed by atoms with Crippen molar-refractivity contribution in [3.8, 4) is 0 Å². The van der Waals surface area contributed by atoms with E-state index in [9.17, 15) is 0 Å². The van der Waals surface area contributed by atoms with Gasteiger partial charge >= 0.3 is 0 Å². The number of thiophene rings is 1. The zero-order valence-corrected chi connectivity index (χ0v) is 15.3. The summed E-state index contributed by atoms with van der Waals surface area (Å²) in [6.45, 7) is 7.26. The Morgan fingerprint density at radius 2 is 1.81 bits per heavy atom. The Labute approximate surface area is 140 Å². The summed E-state index contributed by atoms with van der Waals surface area (Å²) in [4.78, 5) is 3.74. The van der Waals surface area contributed by atoms with Gasteiger partial charge in [0.25, 0.3) is 0 Å². The van der Waals surface area contributed by atoms with Gasteiger partial charge in [0.1, 0.15) is 0 Å². The van der Waals surface area contributed by atoms with Crippen molar-refractivity contribution in [2.45, 2.75) is 39.5 Å². The molecule has 0 aliphatic heterocycles. The van der Waals surface area contributed by atoms with Gasteiger partial charge in [-0.05, 0) is 40.2 Å². The van der Waals surface area contributed by atoms with Crippen LogP contribution in [0.2, 0.25) is 0 Å². The van der Waals surface area contributed by atoms with Gasteiger partial charge < -0.3 is 5.32 Å². The van der Waals surface area contributed by atoms with Crippen LogP contribution in [0.15, 0.2) is 40.2 Å². The smallest absolute Gasteiger partial charge is 0.0328 e. The van der Waals surface area contributed by atoms with Crippen LogP contribution in [-0.2, 0) is 19.6 Å². The van der Waals surface area contributed by atoms with Crippen molar-refractivity contribution in [3.63, 3.8) is 0 Å². The Hall–Kier alpha value is -0.680. The van der Waals surface area contributed by atoms with Gasteiger partial charge in [-0.25, -0.2) is 0 Å². The fourth-order valence-electron chi connectivity index (χ4n) is 2.15. The molecule has 0 aliphatic rings. The van der Waals surface area contributed by atoms with Crippen LogP contribution in [0.1, 0.15) is 29.9 Å². The first kappa shape index (κ1) is 16.7. The molecule has 0 amide bonds. The minimum absolute atomic E-state index is 0.529. The van der Waals surface area contributed by atoms with Gasteiger partial charge in [0, 0.05) is 40.4 Å². The second-order valence-corrected chi connectivity index (χ2v) is 7.67. The van der Waals surface area contributed by atoms with E-state index in [4.69, 9.17) is 0 Å². The molecule has 0 radical (unpaired) electrons. The molecule has 0 atom stereocenters. The molecule has 0 saturated carbocycles. The largest absolute Gasteiger partial charge is 0.310 e. The molecule has 0 saturated heterocycles. The van der Waals surface area contributed by atoms with Gasteiger partial charge in [0.15, 0.2) is 0 Å². The highest BCUT2D eigenvalue weighted by molar-refractivity contribution is 9.10. The maximum atomic E-state index is 3.51. The van der Waals surface area contributed by atoms with Crippen molar-refractivity contribution in [1.82, 2.24) is 10.2 Å². The van der Waals surface area contributed by atoms with Crippen LogP contribution in [0, 0.1) is 0 Å². The molecule has 0 bridgehead atoms. The summed E-state index contributed by atoms with van der Waals surface area (Å²) in [5.41, 5.74) is 2.71. The van der Waals surface area contributed by atoms with Gasteiger partial charge in [0.2, 0.25) is 0 Å². The summed E-state index contributed by atoms with van der Waals surface area (Å²) < 4.78 is 1.18. The summed E-state index contributed by atoms with van der Waals surface area (Å²) in [6.07, 6.45) is 0. The van der Waals surface area contributed by atoms with Gasteiger partial charge in [0.05, 0.1) is 0 Å². The number of hydrogen-bond acceptors (Lipinski definition) is 3. The molecule has 2 rings (SSSR count). The summed E-state index contributed by atoms with van der Waals surface area (Å²) in [7, 11) is 2.17. The molecule has 1 aromatic carbocycles. The molecule has 0 spiro atoms. The van der Waals surface area contributed by atoms with E-state index >= 15 is 0 Å². The monoisotopic (exact) mass is 366 g/mol. The highest BCUT2D eigenvalue weighted by Gasteiger charge is 2.04. The van der Waals surface area contributed by atoms with Crippen molar-refractivity contribution < 1.29 is 0 Å². The molecule has 1 heterocycles. The maximum absolute atomic E-state index is 3.51. The normalized spacial score (nSPS) is 11.5. The predicted octanol–water partition coefficient (Wildman–Crippen LogP) is 4.64. The Bertz CT molecular complexity index is 548. The molecule has 2 aromatic rings. The van der Waals surface area contributed by atoms with E-state index in [1.165, 1.54) is 20.5 Å². The van der Waals surface area contributed by atoms with Crippen molar-refractivity contribution in [2.75, 3.05) is 7.05 Å².